The standard InChI is InChI=1S/C11H14FNO/c1-11(12)6-3-7-13-8-4-2-5-9(14)10(8)11/h2,4-5,13-14H,3,6-7H2,1H3. The number of benzene rings is 1. The summed E-state index contributed by atoms with van der Waals surface area (Å²) in [4.78, 5) is 0. The summed E-state index contributed by atoms with van der Waals surface area (Å²) in [5, 5.41) is 12.8. The second-order valence-corrected chi connectivity index (χ2v) is 3.93. The van der Waals surface area contributed by atoms with Gasteiger partial charge in [0.25, 0.3) is 0 Å². The molecule has 0 aromatic heterocycles. The molecule has 2 rings (SSSR count). The molecule has 0 aliphatic carbocycles. The number of halogens is 1. The molecule has 1 atom stereocenters. The molecule has 1 unspecified atom stereocenters. The van der Waals surface area contributed by atoms with Crippen LogP contribution in [0.4, 0.5) is 10.1 Å². The Bertz CT molecular complexity index is 349. The van der Waals surface area contributed by atoms with Crippen molar-refractivity contribution in [1.29, 1.82) is 0 Å². The van der Waals surface area contributed by atoms with Gasteiger partial charge in [-0.1, -0.05) is 6.07 Å². The van der Waals surface area contributed by atoms with Gasteiger partial charge in [0.1, 0.15) is 11.4 Å². The minimum atomic E-state index is -1.43. The highest BCUT2D eigenvalue weighted by molar-refractivity contribution is 5.60. The number of aromatic hydroxyl groups is 1. The van der Waals surface area contributed by atoms with Crippen LogP contribution in [0.2, 0.25) is 0 Å². The van der Waals surface area contributed by atoms with Crippen molar-refractivity contribution in [2.24, 2.45) is 0 Å². The van der Waals surface area contributed by atoms with Crippen LogP contribution in [-0.2, 0) is 5.67 Å². The third kappa shape index (κ3) is 1.43. The molecule has 1 heterocycles. The summed E-state index contributed by atoms with van der Waals surface area (Å²) in [7, 11) is 0. The SMILES string of the molecule is CC1(F)CCCNc2cccc(O)c21. The zero-order valence-electron chi connectivity index (χ0n) is 8.18. The Hall–Kier alpha value is -1.25. The normalized spacial score (nSPS) is 26.1. The molecule has 2 N–H and O–H groups in total. The Morgan fingerprint density at radius 3 is 3.07 bits per heavy atom. The molecule has 0 radical (unpaired) electrons. The van der Waals surface area contributed by atoms with E-state index in [4.69, 9.17) is 0 Å². The quantitative estimate of drug-likeness (QED) is 0.667. The Kier molecular flexibility index (Phi) is 2.10. The number of fused-ring (bicyclic) bond motifs is 1. The van der Waals surface area contributed by atoms with Crippen molar-refractivity contribution in [2.45, 2.75) is 25.4 Å². The molecule has 2 nitrogen and oxygen atoms in total. The van der Waals surface area contributed by atoms with Crippen molar-refractivity contribution >= 4 is 5.69 Å². The van der Waals surface area contributed by atoms with Crippen LogP contribution in [0.5, 0.6) is 5.75 Å². The van der Waals surface area contributed by atoms with Crippen LogP contribution < -0.4 is 5.32 Å². The molecular weight excluding hydrogens is 181 g/mol. The van der Waals surface area contributed by atoms with Crippen molar-refractivity contribution < 1.29 is 9.50 Å². The molecule has 1 aromatic rings. The summed E-state index contributed by atoms with van der Waals surface area (Å²) in [5.74, 6) is 0.0434. The van der Waals surface area contributed by atoms with E-state index in [0.717, 1.165) is 13.0 Å². The first-order valence-corrected chi connectivity index (χ1v) is 4.86. The van der Waals surface area contributed by atoms with Crippen molar-refractivity contribution in [3.8, 4) is 5.75 Å². The minimum absolute atomic E-state index is 0.0434. The lowest BCUT2D eigenvalue weighted by molar-refractivity contribution is 0.173. The minimum Gasteiger partial charge on any atom is -0.507 e. The fourth-order valence-electron chi connectivity index (χ4n) is 2.00. The lowest BCUT2D eigenvalue weighted by Crippen LogP contribution is -2.14. The predicted octanol–water partition coefficient (Wildman–Crippen LogP) is 2.78. The van der Waals surface area contributed by atoms with E-state index in [1.165, 1.54) is 13.0 Å². The molecule has 0 saturated heterocycles. The first kappa shape index (κ1) is 9.31. The van der Waals surface area contributed by atoms with Crippen LogP contribution >= 0.6 is 0 Å². The van der Waals surface area contributed by atoms with Gasteiger partial charge in [0.05, 0.1) is 5.56 Å². The summed E-state index contributed by atoms with van der Waals surface area (Å²) in [6.07, 6.45) is 1.23. The van der Waals surface area contributed by atoms with E-state index >= 15 is 0 Å². The Morgan fingerprint density at radius 2 is 2.29 bits per heavy atom. The second kappa shape index (κ2) is 3.15. The van der Waals surface area contributed by atoms with E-state index < -0.39 is 5.67 Å². The molecule has 0 spiro atoms. The number of phenols is 1. The third-order valence-corrected chi connectivity index (χ3v) is 2.70. The van der Waals surface area contributed by atoms with Crippen LogP contribution in [0.1, 0.15) is 25.3 Å². The van der Waals surface area contributed by atoms with E-state index in [1.54, 1.807) is 12.1 Å². The van der Waals surface area contributed by atoms with Crippen LogP contribution in [0.25, 0.3) is 0 Å². The molecule has 1 aliphatic heterocycles. The van der Waals surface area contributed by atoms with Crippen molar-refractivity contribution in [1.82, 2.24) is 0 Å². The van der Waals surface area contributed by atoms with E-state index in [2.05, 4.69) is 5.32 Å². The Balaban J connectivity index is 2.58. The maximum atomic E-state index is 14.2. The van der Waals surface area contributed by atoms with Gasteiger partial charge in [-0.3, -0.25) is 0 Å². The van der Waals surface area contributed by atoms with Crippen LogP contribution in [0.3, 0.4) is 0 Å². The van der Waals surface area contributed by atoms with E-state index in [-0.39, 0.29) is 5.75 Å². The van der Waals surface area contributed by atoms with Gasteiger partial charge in [0.15, 0.2) is 0 Å². The fourth-order valence-corrected chi connectivity index (χ4v) is 2.00. The maximum absolute atomic E-state index is 14.2. The molecule has 14 heavy (non-hydrogen) atoms. The second-order valence-electron chi connectivity index (χ2n) is 3.93. The molecule has 0 fully saturated rings. The molecule has 3 heteroatoms. The lowest BCUT2D eigenvalue weighted by atomic mass is 9.92. The molecule has 0 saturated carbocycles. The third-order valence-electron chi connectivity index (χ3n) is 2.70. The first-order valence-electron chi connectivity index (χ1n) is 4.86. The summed E-state index contributed by atoms with van der Waals surface area (Å²) < 4.78 is 14.2. The van der Waals surface area contributed by atoms with Crippen LogP contribution in [0.15, 0.2) is 18.2 Å². The van der Waals surface area contributed by atoms with Crippen molar-refractivity contribution in [3.05, 3.63) is 23.8 Å². The smallest absolute Gasteiger partial charge is 0.138 e. The summed E-state index contributed by atoms with van der Waals surface area (Å²) in [5.41, 5.74) is -0.311. The van der Waals surface area contributed by atoms with Gasteiger partial charge in [-0.2, -0.15) is 0 Å². The number of phenolic OH excluding ortho intramolecular Hbond substituents is 1. The maximum Gasteiger partial charge on any atom is 0.138 e. The van der Waals surface area contributed by atoms with Crippen LogP contribution in [0, 0.1) is 0 Å². The van der Waals surface area contributed by atoms with Crippen LogP contribution in [-0.4, -0.2) is 11.7 Å². The molecule has 0 amide bonds. The lowest BCUT2D eigenvalue weighted by Gasteiger charge is -2.21. The first-order chi connectivity index (χ1) is 6.61. The largest absolute Gasteiger partial charge is 0.507 e. The average Bonchev–Trinajstić information content (AvgIpc) is 2.25. The Labute approximate surface area is 82.8 Å². The number of rotatable bonds is 0. The summed E-state index contributed by atoms with van der Waals surface area (Å²) in [6.45, 7) is 2.29. The van der Waals surface area contributed by atoms with Gasteiger partial charge >= 0.3 is 0 Å². The molecule has 0 bridgehead atoms. The van der Waals surface area contributed by atoms with Crippen molar-refractivity contribution in [2.75, 3.05) is 11.9 Å². The number of alkyl halides is 1. The fraction of sp³-hybridized carbons (Fsp3) is 0.455. The zero-order chi connectivity index (χ0) is 10.2. The van der Waals surface area contributed by atoms with E-state index in [1.807, 2.05) is 0 Å². The van der Waals surface area contributed by atoms with Gasteiger partial charge in [-0.05, 0) is 31.9 Å². The van der Waals surface area contributed by atoms with Gasteiger partial charge in [0.2, 0.25) is 0 Å². The van der Waals surface area contributed by atoms with Gasteiger partial charge in [0, 0.05) is 12.2 Å². The summed E-state index contributed by atoms with van der Waals surface area (Å²) >= 11 is 0. The molecular formula is C11H14FNO. The highest BCUT2D eigenvalue weighted by Gasteiger charge is 2.32. The number of anilines is 1. The molecule has 76 valence electrons. The van der Waals surface area contributed by atoms with Gasteiger partial charge in [-0.15, -0.1) is 0 Å². The number of hydrogen-bond acceptors (Lipinski definition) is 2. The highest BCUT2D eigenvalue weighted by atomic mass is 19.1. The number of nitrogens with one attached hydrogen (secondary N) is 1. The molecule has 1 aliphatic rings. The zero-order valence-corrected chi connectivity index (χ0v) is 8.18. The summed E-state index contributed by atoms with van der Waals surface area (Å²) in [6, 6.07) is 5.06. The number of hydrogen-bond donors (Lipinski definition) is 2. The van der Waals surface area contributed by atoms with Gasteiger partial charge in [-0.25, -0.2) is 4.39 Å². The van der Waals surface area contributed by atoms with Gasteiger partial charge < -0.3 is 10.4 Å². The predicted molar refractivity (Wildman–Crippen MR) is 54.3 cm³/mol. The monoisotopic (exact) mass is 195 g/mol. The van der Waals surface area contributed by atoms with Crippen molar-refractivity contribution in [3.63, 3.8) is 0 Å². The average molecular weight is 195 g/mol. The van der Waals surface area contributed by atoms with E-state index in [0.29, 0.717) is 17.7 Å². The highest BCUT2D eigenvalue weighted by Crippen LogP contribution is 2.42. The Morgan fingerprint density at radius 1 is 1.50 bits per heavy atom. The van der Waals surface area contributed by atoms with E-state index in [9.17, 15) is 9.50 Å². The topological polar surface area (TPSA) is 32.3 Å². The molecule has 1 aromatic carbocycles.